The van der Waals surface area contributed by atoms with Crippen molar-refractivity contribution in [1.82, 2.24) is 19.7 Å². The molecular weight excluding hydrogens is 256 g/mol. The molecule has 0 radical (unpaired) electrons. The van der Waals surface area contributed by atoms with Crippen molar-refractivity contribution >= 4 is 17.6 Å². The molecular formula is C11H11ClN4O2. The molecule has 2 aromatic rings. The van der Waals surface area contributed by atoms with Crippen molar-refractivity contribution in [2.45, 2.75) is 20.3 Å². The molecule has 0 aliphatic rings. The summed E-state index contributed by atoms with van der Waals surface area (Å²) in [5.41, 5.74) is 2.08. The van der Waals surface area contributed by atoms with E-state index in [4.69, 9.17) is 16.7 Å². The van der Waals surface area contributed by atoms with Gasteiger partial charge in [0.25, 0.3) is 0 Å². The fraction of sp³-hybridized carbons (Fsp3) is 0.273. The largest absolute Gasteiger partial charge is 0.481 e. The average molecular weight is 267 g/mol. The van der Waals surface area contributed by atoms with Gasteiger partial charge in [0, 0.05) is 11.3 Å². The maximum Gasteiger partial charge on any atom is 0.307 e. The molecule has 0 atom stereocenters. The molecule has 0 aromatic carbocycles. The number of aryl methyl sites for hydroxylation is 1. The van der Waals surface area contributed by atoms with E-state index in [1.54, 1.807) is 18.5 Å². The SMILES string of the molecule is Cc1nn(-c2cncc(Cl)n2)c(C)c1CC(=O)O. The number of aromatic nitrogens is 4. The first-order valence-corrected chi connectivity index (χ1v) is 5.61. The van der Waals surface area contributed by atoms with E-state index in [0.717, 1.165) is 5.69 Å². The zero-order valence-corrected chi connectivity index (χ0v) is 10.6. The second-order valence-electron chi connectivity index (χ2n) is 3.83. The van der Waals surface area contributed by atoms with Crippen LogP contribution in [0, 0.1) is 13.8 Å². The monoisotopic (exact) mass is 266 g/mol. The van der Waals surface area contributed by atoms with E-state index in [1.807, 2.05) is 0 Å². The summed E-state index contributed by atoms with van der Waals surface area (Å²) in [4.78, 5) is 18.8. The predicted molar refractivity (Wildman–Crippen MR) is 65.0 cm³/mol. The number of rotatable bonds is 3. The van der Waals surface area contributed by atoms with Crippen molar-refractivity contribution in [3.05, 3.63) is 34.5 Å². The number of hydrogen-bond acceptors (Lipinski definition) is 4. The standard InChI is InChI=1S/C11H11ClN4O2/c1-6-8(3-11(17)18)7(2)16(15-6)10-5-13-4-9(12)14-10/h4-5H,3H2,1-2H3,(H,17,18). The van der Waals surface area contributed by atoms with E-state index in [9.17, 15) is 4.79 Å². The van der Waals surface area contributed by atoms with E-state index >= 15 is 0 Å². The highest BCUT2D eigenvalue weighted by molar-refractivity contribution is 6.29. The number of halogens is 1. The summed E-state index contributed by atoms with van der Waals surface area (Å²) in [5, 5.41) is 13.4. The normalized spacial score (nSPS) is 10.6. The van der Waals surface area contributed by atoms with E-state index in [0.29, 0.717) is 17.1 Å². The topological polar surface area (TPSA) is 80.9 Å². The van der Waals surface area contributed by atoms with Crippen LogP contribution in [0.3, 0.4) is 0 Å². The Kier molecular flexibility index (Phi) is 3.29. The lowest BCUT2D eigenvalue weighted by Crippen LogP contribution is -2.05. The van der Waals surface area contributed by atoms with Gasteiger partial charge in [0.2, 0.25) is 0 Å². The van der Waals surface area contributed by atoms with Crippen LogP contribution in [0.5, 0.6) is 0 Å². The van der Waals surface area contributed by atoms with Crippen LogP contribution in [0.15, 0.2) is 12.4 Å². The smallest absolute Gasteiger partial charge is 0.307 e. The van der Waals surface area contributed by atoms with Crippen LogP contribution < -0.4 is 0 Å². The second kappa shape index (κ2) is 4.73. The summed E-state index contributed by atoms with van der Waals surface area (Å²) >= 11 is 5.77. The van der Waals surface area contributed by atoms with Crippen molar-refractivity contribution in [2.75, 3.05) is 0 Å². The molecule has 0 amide bonds. The summed E-state index contributed by atoms with van der Waals surface area (Å²) in [6.45, 7) is 3.56. The fourth-order valence-corrected chi connectivity index (χ4v) is 1.88. The first-order valence-electron chi connectivity index (χ1n) is 5.24. The minimum absolute atomic E-state index is 0.0638. The molecule has 0 spiro atoms. The molecule has 2 heterocycles. The lowest BCUT2D eigenvalue weighted by molar-refractivity contribution is -0.136. The number of aliphatic carboxylic acids is 1. The van der Waals surface area contributed by atoms with Gasteiger partial charge >= 0.3 is 5.97 Å². The van der Waals surface area contributed by atoms with Crippen LogP contribution in [0.2, 0.25) is 5.15 Å². The van der Waals surface area contributed by atoms with Gasteiger partial charge in [0.05, 0.1) is 24.5 Å². The Hall–Kier alpha value is -1.95. The highest BCUT2D eigenvalue weighted by Gasteiger charge is 2.16. The molecule has 0 saturated carbocycles. The van der Waals surface area contributed by atoms with Gasteiger partial charge in [-0.3, -0.25) is 9.78 Å². The Morgan fingerprint density at radius 3 is 2.78 bits per heavy atom. The number of nitrogens with zero attached hydrogens (tertiary/aromatic N) is 4. The van der Waals surface area contributed by atoms with E-state index in [-0.39, 0.29) is 11.6 Å². The van der Waals surface area contributed by atoms with E-state index in [1.165, 1.54) is 12.4 Å². The minimum Gasteiger partial charge on any atom is -0.481 e. The molecule has 0 bridgehead atoms. The molecule has 0 fully saturated rings. The first-order chi connectivity index (χ1) is 8.49. The Bertz CT molecular complexity index is 609. The summed E-state index contributed by atoms with van der Waals surface area (Å²) in [6.07, 6.45) is 2.89. The Morgan fingerprint density at radius 2 is 2.17 bits per heavy atom. The van der Waals surface area contributed by atoms with Gasteiger partial charge in [-0.05, 0) is 13.8 Å². The second-order valence-corrected chi connectivity index (χ2v) is 4.22. The zero-order chi connectivity index (χ0) is 13.3. The molecule has 0 saturated heterocycles. The third kappa shape index (κ3) is 2.33. The van der Waals surface area contributed by atoms with E-state index < -0.39 is 5.97 Å². The third-order valence-electron chi connectivity index (χ3n) is 2.58. The Balaban J connectivity index is 2.50. The predicted octanol–water partition coefficient (Wildman–Crippen LogP) is 1.56. The van der Waals surface area contributed by atoms with Crippen LogP contribution in [-0.2, 0) is 11.2 Å². The minimum atomic E-state index is -0.891. The molecule has 1 N–H and O–H groups in total. The van der Waals surface area contributed by atoms with Crippen LogP contribution in [0.1, 0.15) is 17.0 Å². The number of carboxylic acids is 1. The van der Waals surface area contributed by atoms with Crippen LogP contribution in [-0.4, -0.2) is 30.8 Å². The Labute approximate surface area is 108 Å². The van der Waals surface area contributed by atoms with Gasteiger partial charge in [-0.1, -0.05) is 11.6 Å². The van der Waals surface area contributed by atoms with Gasteiger partial charge in [-0.15, -0.1) is 0 Å². The zero-order valence-electron chi connectivity index (χ0n) is 9.88. The van der Waals surface area contributed by atoms with Crippen molar-refractivity contribution in [3.8, 4) is 5.82 Å². The molecule has 2 rings (SSSR count). The maximum atomic E-state index is 10.8. The molecule has 2 aromatic heterocycles. The van der Waals surface area contributed by atoms with Crippen LogP contribution in [0.4, 0.5) is 0 Å². The van der Waals surface area contributed by atoms with Crippen molar-refractivity contribution in [3.63, 3.8) is 0 Å². The molecule has 6 nitrogen and oxygen atoms in total. The summed E-state index contributed by atoms with van der Waals surface area (Å²) in [7, 11) is 0. The Morgan fingerprint density at radius 1 is 1.44 bits per heavy atom. The molecule has 7 heteroatoms. The highest BCUT2D eigenvalue weighted by atomic mass is 35.5. The average Bonchev–Trinajstić information content (AvgIpc) is 2.56. The molecule has 94 valence electrons. The molecule has 0 aliphatic carbocycles. The van der Waals surface area contributed by atoms with Gasteiger partial charge in [-0.25, -0.2) is 9.67 Å². The first kappa shape index (κ1) is 12.5. The molecule has 0 aliphatic heterocycles. The van der Waals surface area contributed by atoms with Crippen molar-refractivity contribution < 1.29 is 9.90 Å². The summed E-state index contributed by atoms with van der Waals surface area (Å²) in [5.74, 6) is -0.419. The van der Waals surface area contributed by atoms with Crippen molar-refractivity contribution in [2.24, 2.45) is 0 Å². The van der Waals surface area contributed by atoms with E-state index in [2.05, 4.69) is 15.1 Å². The van der Waals surface area contributed by atoms with Gasteiger partial charge in [-0.2, -0.15) is 5.10 Å². The summed E-state index contributed by atoms with van der Waals surface area (Å²) in [6, 6.07) is 0. The number of carboxylic acid groups (broad SMARTS) is 1. The quantitative estimate of drug-likeness (QED) is 0.912. The van der Waals surface area contributed by atoms with Gasteiger partial charge in [0.1, 0.15) is 5.15 Å². The number of hydrogen-bond donors (Lipinski definition) is 1. The van der Waals surface area contributed by atoms with Crippen LogP contribution >= 0.6 is 11.6 Å². The van der Waals surface area contributed by atoms with Gasteiger partial charge in [0.15, 0.2) is 5.82 Å². The maximum absolute atomic E-state index is 10.8. The lowest BCUT2D eigenvalue weighted by Gasteiger charge is -2.03. The van der Waals surface area contributed by atoms with Crippen molar-refractivity contribution in [1.29, 1.82) is 0 Å². The third-order valence-corrected chi connectivity index (χ3v) is 2.76. The lowest BCUT2D eigenvalue weighted by atomic mass is 10.1. The fourth-order valence-electron chi connectivity index (χ4n) is 1.74. The number of carbonyl (C=O) groups is 1. The summed E-state index contributed by atoms with van der Waals surface area (Å²) < 4.78 is 1.55. The van der Waals surface area contributed by atoms with Crippen LogP contribution in [0.25, 0.3) is 5.82 Å². The molecule has 0 unspecified atom stereocenters. The van der Waals surface area contributed by atoms with Gasteiger partial charge < -0.3 is 5.11 Å². The highest BCUT2D eigenvalue weighted by Crippen LogP contribution is 2.17. The molecule has 18 heavy (non-hydrogen) atoms.